The zero-order chi connectivity index (χ0) is 49.1. The van der Waals surface area contributed by atoms with Crippen LogP contribution >= 0.6 is 0 Å². The van der Waals surface area contributed by atoms with Gasteiger partial charge in [0.05, 0.1) is 68.4 Å². The quantitative estimate of drug-likeness (QED) is 0.141. The molecule has 2 radical (unpaired) electrons. The Hall–Kier alpha value is -6.83. The van der Waals surface area contributed by atoms with Gasteiger partial charge in [-0.1, -0.05) is 121 Å². The molecule has 0 aliphatic rings. The van der Waals surface area contributed by atoms with Crippen molar-refractivity contribution < 1.29 is 43.8 Å². The number of hydrogen-bond acceptors (Lipinski definition) is 8. The van der Waals surface area contributed by atoms with Gasteiger partial charge in [-0.25, -0.2) is 9.97 Å². The molecule has 8 rings (SSSR count). The second-order valence-electron chi connectivity index (χ2n) is 17.2. The summed E-state index contributed by atoms with van der Waals surface area (Å²) in [6.45, 7) is 24.7. The third kappa shape index (κ3) is 14.4. The van der Waals surface area contributed by atoms with Gasteiger partial charge in [-0.2, -0.15) is 0 Å². The van der Waals surface area contributed by atoms with Crippen LogP contribution < -0.4 is 10.2 Å². The van der Waals surface area contributed by atoms with E-state index in [0.717, 1.165) is 79.1 Å². The predicted octanol–water partition coefficient (Wildman–Crippen LogP) is 14.2. The molecule has 0 fully saturated rings. The van der Waals surface area contributed by atoms with Crippen LogP contribution in [0.5, 0.6) is 11.5 Å². The molecule has 0 bridgehead atoms. The topological polar surface area (TPSA) is 121 Å². The zero-order valence-electron chi connectivity index (χ0n) is 42.0. The Morgan fingerprint density at radius 2 is 0.514 bits per heavy atom. The minimum absolute atomic E-state index is 0. The van der Waals surface area contributed by atoms with Crippen LogP contribution in [0.1, 0.15) is 95.0 Å². The average molecular weight is 1020 g/mol. The molecule has 8 nitrogen and oxygen atoms in total. The molecule has 10 heteroatoms. The summed E-state index contributed by atoms with van der Waals surface area (Å²) in [6.07, 6.45) is 0. The van der Waals surface area contributed by atoms with Gasteiger partial charge in [0.2, 0.25) is 0 Å². The molecule has 0 saturated heterocycles. The normalized spacial score (nSPS) is 11.7. The average Bonchev–Trinajstić information content (AvgIpc) is 3.32. The van der Waals surface area contributed by atoms with Crippen molar-refractivity contribution in [1.29, 1.82) is 0 Å². The van der Waals surface area contributed by atoms with Crippen LogP contribution in [0, 0.1) is 55.4 Å². The summed E-state index contributed by atoms with van der Waals surface area (Å²) >= 11 is 0. The van der Waals surface area contributed by atoms with E-state index >= 15 is 0 Å². The SMILES string of the molecule is CC(=Nc1c(C)cccc1C)c1cccc(C(C)=Nc2c(C)cccc2C)n1.CC(=Nc1c(C)cccc1C)c1cccc(C(C)=Nc2c(C)cccc2C)n1.[Co].[Co].[O-]c1cc2ccccc2cc1[O-]. The minimum atomic E-state index is -0.436. The van der Waals surface area contributed by atoms with Gasteiger partial charge in [-0.05, 0) is 163 Å². The molecule has 0 atom stereocenters. The Labute approximate surface area is 435 Å². The van der Waals surface area contributed by atoms with E-state index < -0.39 is 11.5 Å². The molecular formula is C60H60Co2N6O2-2. The summed E-state index contributed by atoms with van der Waals surface area (Å²) in [5.74, 6) is -0.873. The van der Waals surface area contributed by atoms with Gasteiger partial charge in [0.1, 0.15) is 0 Å². The van der Waals surface area contributed by atoms with Crippen LogP contribution in [0.15, 0.2) is 166 Å². The molecular weight excluding hydrogens is 955 g/mol. The summed E-state index contributed by atoms with van der Waals surface area (Å²) in [4.78, 5) is 29.1. The smallest absolute Gasteiger partial charge is 0.0849 e. The first-order valence-corrected chi connectivity index (χ1v) is 22.8. The predicted molar refractivity (Wildman–Crippen MR) is 282 cm³/mol. The number of nitrogens with zero attached hydrogens (tertiary/aromatic N) is 6. The van der Waals surface area contributed by atoms with Crippen molar-refractivity contribution in [2.45, 2.75) is 83.1 Å². The first kappa shape index (κ1) is 55.8. The summed E-state index contributed by atoms with van der Waals surface area (Å²) < 4.78 is 0. The van der Waals surface area contributed by atoms with E-state index in [1.54, 1.807) is 0 Å². The molecule has 0 N–H and O–H groups in total. The second kappa shape index (κ2) is 25.7. The first-order valence-electron chi connectivity index (χ1n) is 22.8. The molecule has 8 aromatic rings. The fraction of sp³-hybridized carbons (Fsp3) is 0.200. The van der Waals surface area contributed by atoms with E-state index in [1.807, 2.05) is 88.4 Å². The third-order valence-electron chi connectivity index (χ3n) is 11.7. The Morgan fingerprint density at radius 3 is 0.729 bits per heavy atom. The maximum Gasteiger partial charge on any atom is 0.0849 e. The molecule has 2 heterocycles. The first-order chi connectivity index (χ1) is 32.5. The molecule has 0 aliphatic heterocycles. The summed E-state index contributed by atoms with van der Waals surface area (Å²) in [6, 6.07) is 47.0. The van der Waals surface area contributed by atoms with E-state index in [2.05, 4.69) is 128 Å². The monoisotopic (exact) mass is 1010 g/mol. The van der Waals surface area contributed by atoms with Gasteiger partial charge < -0.3 is 10.2 Å². The number of aliphatic imine (C=N–C) groups is 4. The maximum atomic E-state index is 10.9. The van der Waals surface area contributed by atoms with Crippen LogP contribution in [0.25, 0.3) is 10.8 Å². The molecule has 362 valence electrons. The number of pyridine rings is 2. The maximum absolute atomic E-state index is 10.9. The van der Waals surface area contributed by atoms with Crippen LogP contribution in [0.3, 0.4) is 0 Å². The zero-order valence-corrected chi connectivity index (χ0v) is 44.1. The van der Waals surface area contributed by atoms with Gasteiger partial charge in [-0.3, -0.25) is 20.0 Å². The van der Waals surface area contributed by atoms with Crippen molar-refractivity contribution in [3.63, 3.8) is 0 Å². The molecule has 2 aromatic heterocycles. The molecule has 0 spiro atoms. The molecule has 70 heavy (non-hydrogen) atoms. The molecule has 6 aromatic carbocycles. The minimum Gasteiger partial charge on any atom is -0.873 e. The van der Waals surface area contributed by atoms with Crippen LogP contribution in [0.2, 0.25) is 0 Å². The Morgan fingerprint density at radius 1 is 0.314 bits per heavy atom. The van der Waals surface area contributed by atoms with Crippen molar-refractivity contribution in [2.24, 2.45) is 20.0 Å². The standard InChI is InChI=1S/2C25H27N3.C10H8O2.2Co/c2*1-16-10-7-11-17(2)24(16)26-20(5)22-14-9-15-23(28-22)21(6)27-25-18(3)12-8-13-19(25)4;11-9-5-7-3-1-2-4-8(7)6-10(9)12;;/h2*7-15H,1-6H3;1-6,11-12H;;/p-2. The van der Waals surface area contributed by atoms with Crippen molar-refractivity contribution in [3.8, 4) is 11.5 Å². The van der Waals surface area contributed by atoms with E-state index in [1.165, 1.54) is 56.6 Å². The Kier molecular flexibility index (Phi) is 20.5. The van der Waals surface area contributed by atoms with Crippen LogP contribution in [-0.2, 0) is 33.6 Å². The van der Waals surface area contributed by atoms with Gasteiger partial charge in [0.25, 0.3) is 0 Å². The summed E-state index contributed by atoms with van der Waals surface area (Å²) in [5.41, 5.74) is 20.5. The van der Waals surface area contributed by atoms with Gasteiger partial charge in [0, 0.05) is 33.6 Å². The van der Waals surface area contributed by atoms with Crippen molar-refractivity contribution >= 4 is 56.4 Å². The van der Waals surface area contributed by atoms with Gasteiger partial charge >= 0.3 is 0 Å². The van der Waals surface area contributed by atoms with E-state index in [-0.39, 0.29) is 33.6 Å². The van der Waals surface area contributed by atoms with E-state index in [9.17, 15) is 10.2 Å². The van der Waals surface area contributed by atoms with Crippen molar-refractivity contribution in [3.05, 3.63) is 213 Å². The van der Waals surface area contributed by atoms with Crippen molar-refractivity contribution in [1.82, 2.24) is 9.97 Å². The van der Waals surface area contributed by atoms with Gasteiger partial charge in [0.15, 0.2) is 0 Å². The fourth-order valence-electron chi connectivity index (χ4n) is 7.70. The number of fused-ring (bicyclic) bond motifs is 1. The number of aryl methyl sites for hydroxylation is 8. The molecule has 0 unspecified atom stereocenters. The Bertz CT molecular complexity index is 2780. The molecule has 0 aliphatic carbocycles. The summed E-state index contributed by atoms with van der Waals surface area (Å²) in [5, 5.41) is 23.5. The largest absolute Gasteiger partial charge is 0.873 e. The summed E-state index contributed by atoms with van der Waals surface area (Å²) in [7, 11) is 0. The molecule has 0 saturated carbocycles. The fourth-order valence-corrected chi connectivity index (χ4v) is 7.70. The second-order valence-corrected chi connectivity index (χ2v) is 17.2. The van der Waals surface area contributed by atoms with E-state index in [4.69, 9.17) is 29.9 Å². The van der Waals surface area contributed by atoms with Crippen LogP contribution in [-0.4, -0.2) is 32.8 Å². The van der Waals surface area contributed by atoms with Crippen molar-refractivity contribution in [2.75, 3.05) is 0 Å². The number of para-hydroxylation sites is 4. The third-order valence-corrected chi connectivity index (χ3v) is 11.7. The van der Waals surface area contributed by atoms with E-state index in [0.29, 0.717) is 0 Å². The number of rotatable bonds is 8. The Balaban J connectivity index is 0.000000241. The number of aromatic nitrogens is 2. The van der Waals surface area contributed by atoms with Gasteiger partial charge in [-0.15, -0.1) is 11.5 Å². The van der Waals surface area contributed by atoms with Crippen LogP contribution in [0.4, 0.5) is 22.7 Å². The number of benzene rings is 6. The number of hydrogen-bond donors (Lipinski definition) is 0. The molecule has 0 amide bonds.